The number of nitrogens with zero attached hydrogens (tertiary/aromatic N) is 4. The summed E-state index contributed by atoms with van der Waals surface area (Å²) in [6.45, 7) is 8.96. The lowest BCUT2D eigenvalue weighted by molar-refractivity contribution is 0.0779. The summed E-state index contributed by atoms with van der Waals surface area (Å²) in [6, 6.07) is 9.39. The minimum Gasteiger partial charge on any atom is -0.350 e. The predicted molar refractivity (Wildman–Crippen MR) is 143 cm³/mol. The van der Waals surface area contributed by atoms with Gasteiger partial charge in [0.05, 0.1) is 0 Å². The van der Waals surface area contributed by atoms with Crippen LogP contribution in [0.2, 0.25) is 0 Å². The average Bonchev–Trinajstić information content (AvgIpc) is 3.30. The smallest absolute Gasteiger partial charge is 0.274 e. The van der Waals surface area contributed by atoms with Gasteiger partial charge in [0.15, 0.2) is 0 Å². The van der Waals surface area contributed by atoms with E-state index in [0.717, 1.165) is 42.4 Å². The van der Waals surface area contributed by atoms with Crippen LogP contribution in [-0.4, -0.2) is 44.7 Å². The molecular weight excluding hydrogens is 462 g/mol. The number of imidazole rings is 1. The van der Waals surface area contributed by atoms with Crippen molar-refractivity contribution in [3.63, 3.8) is 0 Å². The molecule has 3 aromatic rings. The molecule has 2 unspecified atom stereocenters. The monoisotopic (exact) mass is 497 g/mol. The number of pyridine rings is 2. The van der Waals surface area contributed by atoms with E-state index in [2.05, 4.69) is 41.4 Å². The largest absolute Gasteiger partial charge is 0.350 e. The lowest BCUT2D eigenvalue weighted by atomic mass is 9.79. The minimum absolute atomic E-state index is 0.0861. The number of rotatable bonds is 9. The number of carbonyl (C=O) groups excluding carboxylic acids is 2. The van der Waals surface area contributed by atoms with Crippen LogP contribution in [0.25, 0.3) is 5.65 Å². The highest BCUT2D eigenvalue weighted by Gasteiger charge is 2.53. The van der Waals surface area contributed by atoms with E-state index in [0.29, 0.717) is 36.0 Å². The Hall–Kier alpha value is -3.70. The Labute approximate surface area is 218 Å². The van der Waals surface area contributed by atoms with E-state index in [-0.39, 0.29) is 17.2 Å². The number of nitrogens with one attached hydrogen (secondary N) is 1. The number of aromatic nitrogens is 3. The van der Waals surface area contributed by atoms with E-state index in [1.807, 2.05) is 30.5 Å². The van der Waals surface area contributed by atoms with Gasteiger partial charge < -0.3 is 10.2 Å². The molecule has 0 radical (unpaired) electrons. The normalized spacial score (nSPS) is 21.9. The number of carbonyl (C=O) groups is 2. The molecule has 2 aliphatic rings. The first-order valence-corrected chi connectivity index (χ1v) is 13.1. The Morgan fingerprint density at radius 1 is 1.27 bits per heavy atom. The standard InChI is InChI=1S/C30H35N5O2/c1-5-6-12-30(14-22-13-23(22)15-30)19-32-28(36)26-8-7-9-27-33-25(18-35(26)27)29(37)34(4)17-21-10-11-24(20(2)3)31-16-21/h6-11,16,18,20,22-23H,1,12-15,17,19H2,2-4H3,(H,32,36). The lowest BCUT2D eigenvalue weighted by Gasteiger charge is -2.30. The summed E-state index contributed by atoms with van der Waals surface area (Å²) in [5, 5.41) is 3.17. The zero-order chi connectivity index (χ0) is 26.2. The maximum Gasteiger partial charge on any atom is 0.274 e. The topological polar surface area (TPSA) is 79.6 Å². The van der Waals surface area contributed by atoms with Crippen LogP contribution in [0.5, 0.6) is 0 Å². The van der Waals surface area contributed by atoms with Crippen LogP contribution < -0.4 is 5.32 Å². The van der Waals surface area contributed by atoms with Crippen molar-refractivity contribution in [1.82, 2.24) is 24.6 Å². The molecule has 3 aromatic heterocycles. The number of amides is 2. The Bertz CT molecular complexity index is 1360. The fraction of sp³-hybridized carbons (Fsp3) is 0.433. The van der Waals surface area contributed by atoms with Gasteiger partial charge in [0.1, 0.15) is 17.0 Å². The van der Waals surface area contributed by atoms with Crippen LogP contribution in [0.15, 0.2) is 61.1 Å². The second kappa shape index (κ2) is 9.98. The summed E-state index contributed by atoms with van der Waals surface area (Å²) in [5.41, 5.74) is 6.30. The third-order valence-corrected chi connectivity index (χ3v) is 7.91. The van der Waals surface area contributed by atoms with E-state index >= 15 is 0 Å². The van der Waals surface area contributed by atoms with E-state index in [1.54, 1.807) is 34.7 Å². The molecule has 7 nitrogen and oxygen atoms in total. The van der Waals surface area contributed by atoms with E-state index in [9.17, 15) is 9.59 Å². The van der Waals surface area contributed by atoms with E-state index < -0.39 is 0 Å². The van der Waals surface area contributed by atoms with Gasteiger partial charge in [-0.1, -0.05) is 32.6 Å². The first-order chi connectivity index (χ1) is 17.8. The molecule has 2 amide bonds. The molecule has 5 rings (SSSR count). The molecule has 3 heterocycles. The highest BCUT2D eigenvalue weighted by molar-refractivity contribution is 5.95. The minimum atomic E-state index is -0.205. The summed E-state index contributed by atoms with van der Waals surface area (Å²) in [4.78, 5) is 37.1. The maximum atomic E-state index is 13.3. The first-order valence-electron chi connectivity index (χ1n) is 13.1. The predicted octanol–water partition coefficient (Wildman–Crippen LogP) is 5.00. The SMILES string of the molecule is C=C=CCC1(CNC(=O)c2cccc3nc(C(=O)N(C)Cc4ccc(C(C)C)nc4)cn23)CC2CC2C1. The average molecular weight is 498 g/mol. The van der Waals surface area contributed by atoms with Crippen LogP contribution in [-0.2, 0) is 6.54 Å². The van der Waals surface area contributed by atoms with Gasteiger partial charge in [0, 0.05) is 38.2 Å². The molecule has 0 aliphatic heterocycles. The van der Waals surface area contributed by atoms with Crippen molar-refractivity contribution in [3.8, 4) is 0 Å². The fourth-order valence-electron chi connectivity index (χ4n) is 5.75. The third-order valence-electron chi connectivity index (χ3n) is 7.91. The molecule has 2 fully saturated rings. The van der Waals surface area contributed by atoms with Gasteiger partial charge in [-0.15, -0.1) is 5.73 Å². The summed E-state index contributed by atoms with van der Waals surface area (Å²) in [5.74, 6) is 1.61. The second-order valence-corrected chi connectivity index (χ2v) is 11.1. The molecule has 0 saturated heterocycles. The highest BCUT2D eigenvalue weighted by Crippen LogP contribution is 2.61. The van der Waals surface area contributed by atoms with Crippen molar-refractivity contribution in [2.24, 2.45) is 17.3 Å². The zero-order valence-electron chi connectivity index (χ0n) is 21.9. The Morgan fingerprint density at radius 3 is 2.73 bits per heavy atom. The molecule has 2 aliphatic carbocycles. The summed E-state index contributed by atoms with van der Waals surface area (Å²) in [7, 11) is 1.75. The van der Waals surface area contributed by atoms with E-state index in [4.69, 9.17) is 0 Å². The van der Waals surface area contributed by atoms with Crippen molar-refractivity contribution in [2.45, 2.75) is 52.0 Å². The van der Waals surface area contributed by atoms with E-state index in [1.165, 1.54) is 6.42 Å². The molecular formula is C30H35N5O2. The number of hydrogen-bond acceptors (Lipinski definition) is 4. The molecule has 2 saturated carbocycles. The summed E-state index contributed by atoms with van der Waals surface area (Å²) >= 11 is 0. The molecule has 192 valence electrons. The molecule has 0 bridgehead atoms. The van der Waals surface area contributed by atoms with Crippen LogP contribution in [0.1, 0.15) is 77.7 Å². The van der Waals surface area contributed by atoms with Gasteiger partial charge in [-0.3, -0.25) is 19.0 Å². The molecule has 7 heteroatoms. The zero-order valence-corrected chi connectivity index (χ0v) is 21.9. The first kappa shape index (κ1) is 25.0. The van der Waals surface area contributed by atoms with Crippen LogP contribution in [0.3, 0.4) is 0 Å². The van der Waals surface area contributed by atoms with Gasteiger partial charge in [-0.05, 0) is 78.7 Å². The molecule has 37 heavy (non-hydrogen) atoms. The Balaban J connectivity index is 1.28. The fourth-order valence-corrected chi connectivity index (χ4v) is 5.75. The summed E-state index contributed by atoms with van der Waals surface area (Å²) < 4.78 is 1.71. The van der Waals surface area contributed by atoms with Crippen molar-refractivity contribution in [1.29, 1.82) is 0 Å². The van der Waals surface area contributed by atoms with Gasteiger partial charge in [0.2, 0.25) is 0 Å². The number of fused-ring (bicyclic) bond motifs is 2. The second-order valence-electron chi connectivity index (χ2n) is 11.1. The van der Waals surface area contributed by atoms with Crippen molar-refractivity contribution >= 4 is 17.5 Å². The summed E-state index contributed by atoms with van der Waals surface area (Å²) in [6.07, 6.45) is 9.97. The van der Waals surface area contributed by atoms with Gasteiger partial charge in [0.25, 0.3) is 11.8 Å². The highest BCUT2D eigenvalue weighted by atomic mass is 16.2. The van der Waals surface area contributed by atoms with Crippen LogP contribution >= 0.6 is 0 Å². The van der Waals surface area contributed by atoms with Crippen LogP contribution in [0, 0.1) is 17.3 Å². The van der Waals surface area contributed by atoms with Crippen molar-refractivity contribution < 1.29 is 9.59 Å². The third kappa shape index (κ3) is 5.23. The lowest BCUT2D eigenvalue weighted by Crippen LogP contribution is -2.37. The number of hydrogen-bond donors (Lipinski definition) is 1. The van der Waals surface area contributed by atoms with Crippen molar-refractivity contribution in [3.05, 3.63) is 83.8 Å². The maximum absolute atomic E-state index is 13.3. The van der Waals surface area contributed by atoms with Gasteiger partial charge in [-0.2, -0.15) is 0 Å². The molecule has 2 atom stereocenters. The van der Waals surface area contributed by atoms with Gasteiger partial charge in [-0.25, -0.2) is 4.98 Å². The van der Waals surface area contributed by atoms with Gasteiger partial charge >= 0.3 is 0 Å². The Morgan fingerprint density at radius 2 is 2.05 bits per heavy atom. The quantitative estimate of drug-likeness (QED) is 0.422. The van der Waals surface area contributed by atoms with Crippen molar-refractivity contribution in [2.75, 3.05) is 13.6 Å². The van der Waals surface area contributed by atoms with Crippen LogP contribution in [0.4, 0.5) is 0 Å². The molecule has 0 spiro atoms. The molecule has 0 aromatic carbocycles. The molecule has 1 N–H and O–H groups in total. The number of allylic oxidation sites excluding steroid dienone is 1. The Kier molecular flexibility index (Phi) is 6.74.